The lowest BCUT2D eigenvalue weighted by atomic mass is 9.93. The van der Waals surface area contributed by atoms with Crippen LogP contribution in [0.15, 0.2) is 17.1 Å². The molecule has 0 aromatic carbocycles. The van der Waals surface area contributed by atoms with Crippen LogP contribution < -0.4 is 10.6 Å². The largest absolute Gasteiger partial charge is 0.444 e. The number of likely N-dealkylation sites (tertiary alicyclic amines) is 1. The van der Waals surface area contributed by atoms with Gasteiger partial charge in [0, 0.05) is 45.8 Å². The summed E-state index contributed by atoms with van der Waals surface area (Å²) in [6.07, 6.45) is 6.91. The summed E-state index contributed by atoms with van der Waals surface area (Å²) < 4.78 is 5.47. The summed E-state index contributed by atoms with van der Waals surface area (Å²) in [4.78, 5) is 21.7. The zero-order valence-corrected chi connectivity index (χ0v) is 21.3. The normalized spacial score (nSPS) is 20.6. The summed E-state index contributed by atoms with van der Waals surface area (Å²) in [5, 5.41) is 6.60. The fourth-order valence-electron chi connectivity index (χ4n) is 3.85. The molecule has 1 fully saturated rings. The first-order chi connectivity index (χ1) is 13.2. The fraction of sp³-hybridized carbons (Fsp3) is 0.810. The van der Waals surface area contributed by atoms with E-state index in [0.29, 0.717) is 12.6 Å². The maximum Gasteiger partial charge on any atom is 0.408 e. The Hall–Kier alpha value is -1.03. The molecule has 29 heavy (non-hydrogen) atoms. The minimum Gasteiger partial charge on any atom is -0.444 e. The number of rotatable bonds is 6. The van der Waals surface area contributed by atoms with Gasteiger partial charge in [-0.2, -0.15) is 0 Å². The smallest absolute Gasteiger partial charge is 0.408 e. The zero-order chi connectivity index (χ0) is 20.8. The molecule has 0 bridgehead atoms. The molecule has 0 saturated carbocycles. The summed E-state index contributed by atoms with van der Waals surface area (Å²) in [6, 6.07) is 0.579. The Morgan fingerprint density at radius 2 is 1.83 bits per heavy atom. The number of hydrogen-bond donors (Lipinski definition) is 2. The van der Waals surface area contributed by atoms with Crippen molar-refractivity contribution in [2.45, 2.75) is 71.1 Å². The van der Waals surface area contributed by atoms with Gasteiger partial charge in [-0.3, -0.25) is 9.89 Å². The van der Waals surface area contributed by atoms with E-state index >= 15 is 0 Å². The lowest BCUT2D eigenvalue weighted by Crippen LogP contribution is -2.57. The van der Waals surface area contributed by atoms with Gasteiger partial charge in [0.05, 0.1) is 5.54 Å². The van der Waals surface area contributed by atoms with E-state index in [0.717, 1.165) is 51.4 Å². The van der Waals surface area contributed by atoms with Gasteiger partial charge in [0.1, 0.15) is 5.60 Å². The van der Waals surface area contributed by atoms with E-state index in [1.54, 1.807) is 0 Å². The second-order valence-electron chi connectivity index (χ2n) is 8.83. The second-order valence-corrected chi connectivity index (χ2v) is 8.83. The molecule has 0 spiro atoms. The molecule has 0 aliphatic carbocycles. The number of amides is 1. The predicted molar refractivity (Wildman–Crippen MR) is 130 cm³/mol. The van der Waals surface area contributed by atoms with Gasteiger partial charge in [0.25, 0.3) is 0 Å². The monoisotopic (exact) mass is 521 g/mol. The Bertz CT molecular complexity index is 576. The van der Waals surface area contributed by atoms with Crippen LogP contribution in [0.1, 0.15) is 53.9 Å². The van der Waals surface area contributed by atoms with Gasteiger partial charge < -0.3 is 20.3 Å². The van der Waals surface area contributed by atoms with E-state index in [1.807, 2.05) is 27.8 Å². The third-order valence-corrected chi connectivity index (χ3v) is 5.74. The number of alkyl carbamates (subject to hydrolysis) is 1. The molecule has 1 atom stereocenters. The summed E-state index contributed by atoms with van der Waals surface area (Å²) in [5.41, 5.74) is -0.869. The van der Waals surface area contributed by atoms with Gasteiger partial charge in [-0.15, -0.1) is 24.0 Å². The standard InChI is InChI=1S/C21H39N5O2.HI/c1-7-21(8-2,24-19(27)28-20(3,4)5)16-23-18(22-6)26-14-11-17(15-26)25-12-9-10-13-25;/h9-10,17H,7-8,11-16H2,1-6H3,(H,22,23)(H,24,27);1H. The van der Waals surface area contributed by atoms with Gasteiger partial charge in [0.15, 0.2) is 5.96 Å². The Morgan fingerprint density at radius 1 is 1.21 bits per heavy atom. The van der Waals surface area contributed by atoms with Crippen molar-refractivity contribution in [3.8, 4) is 0 Å². The molecular weight excluding hydrogens is 481 g/mol. The lowest BCUT2D eigenvalue weighted by Gasteiger charge is -2.35. The third-order valence-electron chi connectivity index (χ3n) is 5.74. The van der Waals surface area contributed by atoms with Crippen molar-refractivity contribution < 1.29 is 9.53 Å². The molecular formula is C21H40IN5O2. The summed E-state index contributed by atoms with van der Waals surface area (Å²) in [5.74, 6) is 0.909. The first kappa shape index (κ1) is 26.0. The highest BCUT2D eigenvalue weighted by Gasteiger charge is 2.33. The zero-order valence-electron chi connectivity index (χ0n) is 19.0. The predicted octanol–water partition coefficient (Wildman–Crippen LogP) is 3.21. The number of carbonyl (C=O) groups is 1. The van der Waals surface area contributed by atoms with Gasteiger partial charge >= 0.3 is 6.09 Å². The Kier molecular flexibility index (Phi) is 10.2. The van der Waals surface area contributed by atoms with Crippen molar-refractivity contribution in [3.05, 3.63) is 12.2 Å². The average molecular weight is 521 g/mol. The van der Waals surface area contributed by atoms with E-state index < -0.39 is 5.60 Å². The van der Waals surface area contributed by atoms with Crippen LogP contribution in [0.3, 0.4) is 0 Å². The van der Waals surface area contributed by atoms with E-state index in [4.69, 9.17) is 4.74 Å². The van der Waals surface area contributed by atoms with E-state index in [1.165, 1.54) is 0 Å². The Balaban J connectivity index is 0.00000420. The number of nitrogens with zero attached hydrogens (tertiary/aromatic N) is 3. The summed E-state index contributed by atoms with van der Waals surface area (Å²) in [7, 11) is 1.83. The van der Waals surface area contributed by atoms with Gasteiger partial charge in [-0.05, 0) is 40.0 Å². The summed E-state index contributed by atoms with van der Waals surface area (Å²) >= 11 is 0. The van der Waals surface area contributed by atoms with Gasteiger partial charge in [-0.1, -0.05) is 26.0 Å². The van der Waals surface area contributed by atoms with Crippen LogP contribution in [-0.4, -0.2) is 78.8 Å². The average Bonchev–Trinajstić information content (AvgIpc) is 3.31. The van der Waals surface area contributed by atoms with Crippen molar-refractivity contribution in [1.82, 2.24) is 20.4 Å². The molecule has 7 nitrogen and oxygen atoms in total. The molecule has 168 valence electrons. The minimum absolute atomic E-state index is 0. The van der Waals surface area contributed by atoms with Crippen LogP contribution in [0.2, 0.25) is 0 Å². The van der Waals surface area contributed by atoms with Crippen LogP contribution in [0.5, 0.6) is 0 Å². The van der Waals surface area contributed by atoms with Crippen LogP contribution >= 0.6 is 24.0 Å². The molecule has 0 aromatic rings. The highest BCUT2D eigenvalue weighted by atomic mass is 127. The third kappa shape index (κ3) is 7.62. The summed E-state index contributed by atoms with van der Waals surface area (Å²) in [6.45, 7) is 14.6. The molecule has 0 radical (unpaired) electrons. The molecule has 2 rings (SSSR count). The molecule has 2 heterocycles. The molecule has 2 N–H and O–H groups in total. The molecule has 1 amide bonds. The maximum absolute atomic E-state index is 12.3. The number of aliphatic imine (C=N–C) groups is 1. The fourth-order valence-corrected chi connectivity index (χ4v) is 3.85. The Labute approximate surface area is 193 Å². The quantitative estimate of drug-likeness (QED) is 0.243. The minimum atomic E-state index is -0.504. The molecule has 0 aromatic heterocycles. The van der Waals surface area contributed by atoms with Crippen molar-refractivity contribution in [1.29, 1.82) is 0 Å². The number of hydrogen-bond acceptors (Lipinski definition) is 4. The van der Waals surface area contributed by atoms with E-state index in [9.17, 15) is 4.79 Å². The van der Waals surface area contributed by atoms with E-state index in [-0.39, 0.29) is 35.6 Å². The van der Waals surface area contributed by atoms with Crippen LogP contribution in [-0.2, 0) is 4.74 Å². The SMILES string of the molecule is CCC(CC)(CNC(=NC)N1CCC(N2CC=CC2)C1)NC(=O)OC(C)(C)C.I. The maximum atomic E-state index is 12.3. The van der Waals surface area contributed by atoms with E-state index in [2.05, 4.69) is 51.4 Å². The number of nitrogens with one attached hydrogen (secondary N) is 2. The molecule has 8 heteroatoms. The molecule has 1 unspecified atom stereocenters. The van der Waals surface area contributed by atoms with Crippen LogP contribution in [0.25, 0.3) is 0 Å². The van der Waals surface area contributed by atoms with Crippen LogP contribution in [0.4, 0.5) is 4.79 Å². The van der Waals surface area contributed by atoms with Gasteiger partial charge in [0.2, 0.25) is 0 Å². The highest BCUT2D eigenvalue weighted by Crippen LogP contribution is 2.19. The van der Waals surface area contributed by atoms with Crippen LogP contribution in [0, 0.1) is 0 Å². The number of carbonyl (C=O) groups excluding carboxylic acids is 1. The van der Waals surface area contributed by atoms with Crippen molar-refractivity contribution in [2.75, 3.05) is 39.8 Å². The second kappa shape index (κ2) is 11.4. The van der Waals surface area contributed by atoms with Gasteiger partial charge in [-0.25, -0.2) is 4.79 Å². The molecule has 1 saturated heterocycles. The topological polar surface area (TPSA) is 69.2 Å². The molecule has 2 aliphatic heterocycles. The Morgan fingerprint density at radius 3 is 2.34 bits per heavy atom. The molecule has 2 aliphatic rings. The van der Waals surface area contributed by atoms with Crippen molar-refractivity contribution >= 4 is 36.0 Å². The lowest BCUT2D eigenvalue weighted by molar-refractivity contribution is 0.0448. The highest BCUT2D eigenvalue weighted by molar-refractivity contribution is 14.0. The first-order valence-electron chi connectivity index (χ1n) is 10.6. The number of halogens is 1. The first-order valence-corrected chi connectivity index (χ1v) is 10.6. The number of ether oxygens (including phenoxy) is 1. The van der Waals surface area contributed by atoms with Crippen molar-refractivity contribution in [3.63, 3.8) is 0 Å². The van der Waals surface area contributed by atoms with Crippen molar-refractivity contribution in [2.24, 2.45) is 4.99 Å². The number of guanidine groups is 1.